The molecule has 1 aliphatic heterocycles. The van der Waals surface area contributed by atoms with E-state index in [2.05, 4.69) is 10.1 Å². The average Bonchev–Trinajstić information content (AvgIpc) is 3.40. The molecule has 2 aromatic heterocycles. The Morgan fingerprint density at radius 1 is 1.27 bits per heavy atom. The Hall–Kier alpha value is -2.51. The molecule has 3 heterocycles. The molecule has 7 heteroatoms. The van der Waals surface area contributed by atoms with E-state index in [0.717, 1.165) is 35.3 Å². The monoisotopic (exact) mass is 368 g/mol. The van der Waals surface area contributed by atoms with Crippen molar-refractivity contribution < 1.29 is 9.32 Å². The zero-order chi connectivity index (χ0) is 17.9. The zero-order valence-corrected chi connectivity index (χ0v) is 15.1. The fourth-order valence-corrected chi connectivity index (χ4v) is 3.93. The van der Waals surface area contributed by atoms with Crippen molar-refractivity contribution in [1.82, 2.24) is 15.0 Å². The van der Waals surface area contributed by atoms with E-state index >= 15 is 0 Å². The Balaban J connectivity index is 1.59. The number of thiophene rings is 1. The van der Waals surface area contributed by atoms with Crippen LogP contribution in [0.3, 0.4) is 0 Å². The van der Waals surface area contributed by atoms with Crippen LogP contribution in [0.15, 0.2) is 46.3 Å². The standard InChI is InChI=1S/C19H20N4O2S/c20-12-13-6-8-14(9-7-13)17-21-18(25-22-17)15-4-1-2-10-23(15)19(24)16-5-3-11-26-16/h3,5-9,11,15H,1-2,4,10,12,20H2. The highest BCUT2D eigenvalue weighted by Gasteiger charge is 2.33. The fraction of sp³-hybridized carbons (Fsp3) is 0.316. The average molecular weight is 368 g/mol. The summed E-state index contributed by atoms with van der Waals surface area (Å²) in [4.78, 5) is 20.0. The number of hydrogen-bond acceptors (Lipinski definition) is 6. The number of piperidine rings is 1. The van der Waals surface area contributed by atoms with E-state index in [4.69, 9.17) is 10.3 Å². The summed E-state index contributed by atoms with van der Waals surface area (Å²) < 4.78 is 5.54. The van der Waals surface area contributed by atoms with Gasteiger partial charge < -0.3 is 15.2 Å². The van der Waals surface area contributed by atoms with Crippen LogP contribution in [-0.4, -0.2) is 27.5 Å². The number of carbonyl (C=O) groups is 1. The largest absolute Gasteiger partial charge is 0.337 e. The van der Waals surface area contributed by atoms with Crippen LogP contribution < -0.4 is 5.73 Å². The van der Waals surface area contributed by atoms with Crippen LogP contribution >= 0.6 is 11.3 Å². The van der Waals surface area contributed by atoms with Gasteiger partial charge in [-0.25, -0.2) is 0 Å². The molecule has 0 saturated carbocycles. The molecule has 2 N–H and O–H groups in total. The van der Waals surface area contributed by atoms with Gasteiger partial charge in [-0.2, -0.15) is 4.98 Å². The Morgan fingerprint density at radius 3 is 2.85 bits per heavy atom. The van der Waals surface area contributed by atoms with Crippen LogP contribution in [0, 0.1) is 0 Å². The molecule has 1 atom stereocenters. The molecule has 1 aromatic carbocycles. The van der Waals surface area contributed by atoms with Crippen LogP contribution in [0.25, 0.3) is 11.4 Å². The molecule has 1 fully saturated rings. The first-order valence-electron chi connectivity index (χ1n) is 8.73. The number of hydrogen-bond donors (Lipinski definition) is 1. The second kappa shape index (κ2) is 7.39. The van der Waals surface area contributed by atoms with E-state index in [0.29, 0.717) is 24.8 Å². The summed E-state index contributed by atoms with van der Waals surface area (Å²) in [5.41, 5.74) is 7.57. The van der Waals surface area contributed by atoms with E-state index in [1.54, 1.807) is 0 Å². The summed E-state index contributed by atoms with van der Waals surface area (Å²) >= 11 is 1.46. The minimum atomic E-state index is -0.164. The minimum Gasteiger partial charge on any atom is -0.337 e. The summed E-state index contributed by atoms with van der Waals surface area (Å²) in [5, 5.41) is 6.04. The maximum Gasteiger partial charge on any atom is 0.264 e. The third-order valence-electron chi connectivity index (χ3n) is 4.67. The van der Waals surface area contributed by atoms with E-state index < -0.39 is 0 Å². The van der Waals surface area contributed by atoms with Gasteiger partial charge in [-0.15, -0.1) is 11.3 Å². The third kappa shape index (κ3) is 3.27. The normalized spacial score (nSPS) is 17.4. The van der Waals surface area contributed by atoms with Crippen molar-refractivity contribution in [3.05, 3.63) is 58.1 Å². The van der Waals surface area contributed by atoms with Gasteiger partial charge in [0.15, 0.2) is 0 Å². The molecule has 0 aliphatic carbocycles. The molecule has 3 aromatic rings. The Bertz CT molecular complexity index is 873. The SMILES string of the molecule is NCc1ccc(-c2noc(C3CCCCN3C(=O)c3cccs3)n2)cc1. The van der Waals surface area contributed by atoms with Crippen LogP contribution in [0.5, 0.6) is 0 Å². The maximum atomic E-state index is 12.8. The van der Waals surface area contributed by atoms with Crippen molar-refractivity contribution in [2.75, 3.05) is 6.54 Å². The van der Waals surface area contributed by atoms with Crippen molar-refractivity contribution >= 4 is 17.2 Å². The van der Waals surface area contributed by atoms with Crippen molar-refractivity contribution in [1.29, 1.82) is 0 Å². The molecule has 4 rings (SSSR count). The van der Waals surface area contributed by atoms with Crippen molar-refractivity contribution in [2.45, 2.75) is 31.8 Å². The van der Waals surface area contributed by atoms with Crippen molar-refractivity contribution in [3.63, 3.8) is 0 Å². The van der Waals surface area contributed by atoms with Crippen molar-refractivity contribution in [3.8, 4) is 11.4 Å². The number of nitrogens with zero attached hydrogens (tertiary/aromatic N) is 3. The molecule has 134 valence electrons. The van der Waals surface area contributed by atoms with Gasteiger partial charge >= 0.3 is 0 Å². The molecule has 1 aliphatic rings. The molecule has 1 amide bonds. The lowest BCUT2D eigenvalue weighted by atomic mass is 10.0. The molecule has 0 bridgehead atoms. The molecule has 0 spiro atoms. The van der Waals surface area contributed by atoms with E-state index in [1.165, 1.54) is 11.3 Å². The van der Waals surface area contributed by atoms with Gasteiger partial charge in [0.05, 0.1) is 4.88 Å². The van der Waals surface area contributed by atoms with Gasteiger partial charge in [0, 0.05) is 18.7 Å². The third-order valence-corrected chi connectivity index (χ3v) is 5.53. The highest BCUT2D eigenvalue weighted by atomic mass is 32.1. The number of rotatable bonds is 4. The number of carbonyl (C=O) groups excluding carboxylic acids is 1. The van der Waals surface area contributed by atoms with Crippen LogP contribution in [0.4, 0.5) is 0 Å². The molecule has 6 nitrogen and oxygen atoms in total. The Kier molecular flexibility index (Phi) is 4.81. The first kappa shape index (κ1) is 16.9. The number of amides is 1. The summed E-state index contributed by atoms with van der Waals surface area (Å²) in [6.45, 7) is 1.21. The summed E-state index contributed by atoms with van der Waals surface area (Å²) in [6.07, 6.45) is 2.88. The quantitative estimate of drug-likeness (QED) is 0.760. The van der Waals surface area contributed by atoms with Gasteiger partial charge in [0.1, 0.15) is 6.04 Å². The minimum absolute atomic E-state index is 0.0387. The van der Waals surface area contributed by atoms with Gasteiger partial charge in [0.25, 0.3) is 5.91 Å². The molecule has 1 unspecified atom stereocenters. The van der Waals surface area contributed by atoms with Crippen LogP contribution in [-0.2, 0) is 6.54 Å². The summed E-state index contributed by atoms with van der Waals surface area (Å²) in [6, 6.07) is 11.4. The van der Waals surface area contributed by atoms with Gasteiger partial charge in [-0.05, 0) is 36.3 Å². The van der Waals surface area contributed by atoms with Crippen LogP contribution in [0.1, 0.15) is 46.4 Å². The maximum absolute atomic E-state index is 12.8. The highest BCUT2D eigenvalue weighted by molar-refractivity contribution is 7.12. The summed E-state index contributed by atoms with van der Waals surface area (Å²) in [5.74, 6) is 1.09. The molecular formula is C19H20N4O2S. The van der Waals surface area contributed by atoms with Gasteiger partial charge in [-0.3, -0.25) is 4.79 Å². The van der Waals surface area contributed by atoms with E-state index in [-0.39, 0.29) is 11.9 Å². The topological polar surface area (TPSA) is 85.2 Å². The van der Waals surface area contributed by atoms with E-state index in [1.807, 2.05) is 46.7 Å². The lowest BCUT2D eigenvalue weighted by Gasteiger charge is -2.33. The first-order valence-corrected chi connectivity index (χ1v) is 9.61. The van der Waals surface area contributed by atoms with Gasteiger partial charge in [-0.1, -0.05) is 35.5 Å². The Labute approximate surface area is 155 Å². The zero-order valence-electron chi connectivity index (χ0n) is 14.3. The number of aromatic nitrogens is 2. The Morgan fingerprint density at radius 2 is 2.12 bits per heavy atom. The fourth-order valence-electron chi connectivity index (χ4n) is 3.25. The number of benzene rings is 1. The van der Waals surface area contributed by atoms with Gasteiger partial charge in [0.2, 0.25) is 11.7 Å². The molecule has 1 saturated heterocycles. The predicted octanol–water partition coefficient (Wildman–Crippen LogP) is 3.62. The van der Waals surface area contributed by atoms with Crippen molar-refractivity contribution in [2.24, 2.45) is 5.73 Å². The second-order valence-corrected chi connectivity index (χ2v) is 7.29. The predicted molar refractivity (Wildman–Crippen MR) is 99.6 cm³/mol. The first-order chi connectivity index (χ1) is 12.8. The molecule has 0 radical (unpaired) electrons. The molecular weight excluding hydrogens is 348 g/mol. The highest BCUT2D eigenvalue weighted by Crippen LogP contribution is 2.33. The number of likely N-dealkylation sites (tertiary alicyclic amines) is 1. The van der Waals surface area contributed by atoms with Crippen LogP contribution in [0.2, 0.25) is 0 Å². The smallest absolute Gasteiger partial charge is 0.264 e. The molecule has 26 heavy (non-hydrogen) atoms. The second-order valence-electron chi connectivity index (χ2n) is 6.34. The summed E-state index contributed by atoms with van der Waals surface area (Å²) in [7, 11) is 0. The lowest BCUT2D eigenvalue weighted by molar-refractivity contribution is 0.0566. The van der Waals surface area contributed by atoms with E-state index in [9.17, 15) is 4.79 Å². The number of nitrogens with two attached hydrogens (primary N) is 1. The lowest BCUT2D eigenvalue weighted by Crippen LogP contribution is -2.38.